The fourth-order valence-electron chi connectivity index (χ4n) is 2.96. The molecule has 0 radical (unpaired) electrons. The summed E-state index contributed by atoms with van der Waals surface area (Å²) in [6, 6.07) is 21.4. The van der Waals surface area contributed by atoms with Gasteiger partial charge in [-0.1, -0.05) is 30.3 Å². The number of fused-ring (bicyclic) bond motifs is 1. The van der Waals surface area contributed by atoms with Crippen LogP contribution in [0, 0.1) is 15.3 Å². The predicted molar refractivity (Wildman–Crippen MR) is 110 cm³/mol. The molecule has 1 heterocycles. The number of nitro benzene ring substituents is 1. The second kappa shape index (κ2) is 7.88. The van der Waals surface area contributed by atoms with E-state index in [4.69, 9.17) is 4.74 Å². The van der Waals surface area contributed by atoms with Crippen molar-refractivity contribution in [1.82, 2.24) is 0 Å². The zero-order chi connectivity index (χ0) is 21.1. The Bertz CT molecular complexity index is 1270. The van der Waals surface area contributed by atoms with Gasteiger partial charge in [-0.15, -0.1) is 4.73 Å². The molecule has 0 atom stereocenters. The molecule has 4 aromatic rings. The highest BCUT2D eigenvalue weighted by atomic mass is 16.6. The van der Waals surface area contributed by atoms with Gasteiger partial charge in [-0.05, 0) is 41.1 Å². The van der Waals surface area contributed by atoms with Crippen molar-refractivity contribution in [3.8, 4) is 11.6 Å². The second-order valence-corrected chi connectivity index (χ2v) is 6.42. The molecule has 0 fully saturated rings. The quantitative estimate of drug-likeness (QED) is 0.230. The van der Waals surface area contributed by atoms with Crippen LogP contribution in [0.2, 0.25) is 0 Å². The number of aromatic nitrogens is 1. The number of anilines is 1. The molecule has 8 heteroatoms. The smallest absolute Gasteiger partial charge is 0.385 e. The van der Waals surface area contributed by atoms with E-state index in [9.17, 15) is 20.1 Å². The highest BCUT2D eigenvalue weighted by molar-refractivity contribution is 6.05. The van der Waals surface area contributed by atoms with Gasteiger partial charge < -0.3 is 15.3 Å². The molecule has 0 spiro atoms. The van der Waals surface area contributed by atoms with Crippen molar-refractivity contribution >= 4 is 28.1 Å². The Morgan fingerprint density at radius 1 is 0.933 bits per heavy atom. The summed E-state index contributed by atoms with van der Waals surface area (Å²) in [6.07, 6.45) is 1.21. The van der Waals surface area contributed by atoms with Crippen LogP contribution in [0.4, 0.5) is 11.4 Å². The number of nitrogens with one attached hydrogen (secondary N) is 1. The largest absolute Gasteiger partial charge is 0.616 e. The summed E-state index contributed by atoms with van der Waals surface area (Å²) in [4.78, 5) is 23.4. The lowest BCUT2D eigenvalue weighted by Gasteiger charge is -2.09. The number of benzene rings is 3. The predicted octanol–water partition coefficient (Wildman–Crippen LogP) is 4.43. The van der Waals surface area contributed by atoms with Crippen LogP contribution < -0.4 is 14.8 Å². The first-order valence-electron chi connectivity index (χ1n) is 8.96. The highest BCUT2D eigenvalue weighted by Crippen LogP contribution is 2.31. The molecule has 8 nitrogen and oxygen atoms in total. The summed E-state index contributed by atoms with van der Waals surface area (Å²) in [5.74, 6) is -0.759. The van der Waals surface area contributed by atoms with Crippen molar-refractivity contribution in [2.75, 3.05) is 5.32 Å². The number of amides is 1. The average Bonchev–Trinajstić information content (AvgIpc) is 2.75. The van der Waals surface area contributed by atoms with E-state index in [-0.39, 0.29) is 17.2 Å². The number of nitrogens with zero attached hydrogens (tertiary/aromatic N) is 2. The molecule has 1 amide bonds. The maximum Gasteiger partial charge on any atom is 0.385 e. The Hall–Kier alpha value is -4.46. The fraction of sp³-hybridized carbons (Fsp3) is 0. The fourth-order valence-corrected chi connectivity index (χ4v) is 2.96. The van der Waals surface area contributed by atoms with Crippen LogP contribution in [0.5, 0.6) is 11.6 Å². The molecule has 0 unspecified atom stereocenters. The minimum atomic E-state index is -0.666. The van der Waals surface area contributed by atoms with Crippen LogP contribution >= 0.6 is 0 Å². The third kappa shape index (κ3) is 3.88. The molecule has 0 aliphatic carbocycles. The molecule has 1 N–H and O–H groups in total. The molecule has 0 saturated carbocycles. The van der Waals surface area contributed by atoms with E-state index in [1.165, 1.54) is 30.5 Å². The minimum Gasteiger partial charge on any atom is -0.616 e. The maximum atomic E-state index is 12.6. The zero-order valence-electron chi connectivity index (χ0n) is 15.5. The lowest BCUT2D eigenvalue weighted by atomic mass is 10.1. The Labute approximate surface area is 170 Å². The lowest BCUT2D eigenvalue weighted by molar-refractivity contribution is -0.611. The molecule has 0 aliphatic heterocycles. The van der Waals surface area contributed by atoms with E-state index in [1.807, 2.05) is 36.4 Å². The molecular formula is C22H15N3O5. The standard InChI is InChI=1S/C22H15N3O5/c26-22(23-18-10-8-15-5-1-2-6-16(15)13-18)17-9-11-20(19(14-17)25(28)29)30-21-7-3-4-12-24(21)27/h1-14H,(H,23,26). The van der Waals surface area contributed by atoms with Crippen molar-refractivity contribution < 1.29 is 19.2 Å². The van der Waals surface area contributed by atoms with Gasteiger partial charge in [0.2, 0.25) is 5.75 Å². The molecule has 0 saturated heterocycles. The van der Waals surface area contributed by atoms with E-state index < -0.39 is 16.5 Å². The number of carbonyl (C=O) groups excluding carboxylic acids is 1. The Balaban J connectivity index is 1.60. The first-order chi connectivity index (χ1) is 14.5. The maximum absolute atomic E-state index is 12.6. The number of ether oxygens (including phenoxy) is 1. The summed E-state index contributed by atoms with van der Waals surface area (Å²) in [5, 5.41) is 27.9. The topological polar surface area (TPSA) is 108 Å². The Morgan fingerprint density at radius 3 is 2.47 bits per heavy atom. The van der Waals surface area contributed by atoms with Gasteiger partial charge in [-0.25, -0.2) is 0 Å². The van der Waals surface area contributed by atoms with Crippen molar-refractivity contribution in [3.05, 3.63) is 106 Å². The summed E-state index contributed by atoms with van der Waals surface area (Å²) in [6.45, 7) is 0. The summed E-state index contributed by atoms with van der Waals surface area (Å²) < 4.78 is 5.83. The molecule has 1 aromatic heterocycles. The van der Waals surface area contributed by atoms with E-state index in [1.54, 1.807) is 12.1 Å². The van der Waals surface area contributed by atoms with Gasteiger partial charge >= 0.3 is 11.6 Å². The van der Waals surface area contributed by atoms with Crippen molar-refractivity contribution in [3.63, 3.8) is 0 Å². The number of carbonyl (C=O) groups is 1. The van der Waals surface area contributed by atoms with Gasteiger partial charge in [0.25, 0.3) is 5.91 Å². The number of rotatable bonds is 5. The molecule has 148 valence electrons. The highest BCUT2D eigenvalue weighted by Gasteiger charge is 2.21. The van der Waals surface area contributed by atoms with Gasteiger partial charge in [0, 0.05) is 23.4 Å². The molecule has 0 bridgehead atoms. The van der Waals surface area contributed by atoms with E-state index >= 15 is 0 Å². The molecule has 4 rings (SSSR count). The normalized spacial score (nSPS) is 10.5. The van der Waals surface area contributed by atoms with Crippen LogP contribution in [-0.2, 0) is 0 Å². The van der Waals surface area contributed by atoms with Gasteiger partial charge in [-0.2, -0.15) is 0 Å². The lowest BCUT2D eigenvalue weighted by Crippen LogP contribution is -2.26. The number of hydrogen-bond donors (Lipinski definition) is 1. The van der Waals surface area contributed by atoms with E-state index in [0.29, 0.717) is 10.4 Å². The van der Waals surface area contributed by atoms with Crippen LogP contribution in [0.1, 0.15) is 10.4 Å². The Morgan fingerprint density at radius 2 is 1.70 bits per heavy atom. The zero-order valence-corrected chi connectivity index (χ0v) is 15.5. The third-order valence-corrected chi connectivity index (χ3v) is 4.43. The van der Waals surface area contributed by atoms with Crippen LogP contribution in [-0.4, -0.2) is 10.8 Å². The van der Waals surface area contributed by atoms with Gasteiger partial charge in [0.05, 0.1) is 11.0 Å². The van der Waals surface area contributed by atoms with E-state index in [0.717, 1.165) is 16.8 Å². The average molecular weight is 401 g/mol. The third-order valence-electron chi connectivity index (χ3n) is 4.43. The number of nitro groups is 1. The summed E-state index contributed by atoms with van der Waals surface area (Å²) >= 11 is 0. The monoisotopic (exact) mass is 401 g/mol. The van der Waals surface area contributed by atoms with Crippen molar-refractivity contribution in [2.45, 2.75) is 0 Å². The summed E-state index contributed by atoms with van der Waals surface area (Å²) in [5.41, 5.74) is 0.230. The van der Waals surface area contributed by atoms with Gasteiger partial charge in [0.15, 0.2) is 6.20 Å². The Kier molecular flexibility index (Phi) is 4.96. The van der Waals surface area contributed by atoms with Gasteiger partial charge in [-0.3, -0.25) is 14.9 Å². The first-order valence-corrected chi connectivity index (χ1v) is 8.96. The first kappa shape index (κ1) is 18.9. The number of pyridine rings is 1. The molecule has 30 heavy (non-hydrogen) atoms. The van der Waals surface area contributed by atoms with E-state index in [2.05, 4.69) is 5.32 Å². The van der Waals surface area contributed by atoms with Crippen LogP contribution in [0.25, 0.3) is 10.8 Å². The summed E-state index contributed by atoms with van der Waals surface area (Å²) in [7, 11) is 0. The van der Waals surface area contributed by atoms with Crippen molar-refractivity contribution in [2.24, 2.45) is 0 Å². The van der Waals surface area contributed by atoms with Crippen molar-refractivity contribution in [1.29, 1.82) is 0 Å². The van der Waals surface area contributed by atoms with Crippen LogP contribution in [0.15, 0.2) is 85.1 Å². The van der Waals surface area contributed by atoms with Crippen LogP contribution in [0.3, 0.4) is 0 Å². The molecule has 0 aliphatic rings. The second-order valence-electron chi connectivity index (χ2n) is 6.42. The van der Waals surface area contributed by atoms with Gasteiger partial charge in [0.1, 0.15) is 0 Å². The SMILES string of the molecule is O=C(Nc1ccc2ccccc2c1)c1ccc(Oc2cccc[n+]2[O-])c([N+](=O)[O-])c1. The molecule has 3 aromatic carbocycles. The molecular weight excluding hydrogens is 386 g/mol. The number of hydrogen-bond acceptors (Lipinski definition) is 5. The minimum absolute atomic E-state index is 0.0882.